The van der Waals surface area contributed by atoms with E-state index in [0.29, 0.717) is 11.9 Å². The van der Waals surface area contributed by atoms with Crippen molar-refractivity contribution in [3.05, 3.63) is 53.7 Å². The van der Waals surface area contributed by atoms with Gasteiger partial charge in [-0.15, -0.1) is 0 Å². The number of nitrogens with zero attached hydrogens (tertiary/aromatic N) is 2. The molecule has 5 heteroatoms. The number of hydrogen-bond acceptors (Lipinski definition) is 4. The Kier molecular flexibility index (Phi) is 4.43. The molecule has 1 fully saturated rings. The molecule has 0 unspecified atom stereocenters. The summed E-state index contributed by atoms with van der Waals surface area (Å²) in [7, 11) is 0. The van der Waals surface area contributed by atoms with Gasteiger partial charge in [0.25, 0.3) is 0 Å². The van der Waals surface area contributed by atoms with E-state index in [2.05, 4.69) is 15.3 Å². The smallest absolute Gasteiger partial charge is 0.232 e. The van der Waals surface area contributed by atoms with Crippen LogP contribution in [-0.4, -0.2) is 22.1 Å². The number of rotatable bonds is 4. The van der Waals surface area contributed by atoms with Gasteiger partial charge in [-0.3, -0.25) is 4.98 Å². The van der Waals surface area contributed by atoms with Crippen LogP contribution in [0.4, 0.5) is 4.39 Å². The van der Waals surface area contributed by atoms with E-state index in [1.54, 1.807) is 30.7 Å². The van der Waals surface area contributed by atoms with E-state index in [-0.39, 0.29) is 18.0 Å². The van der Waals surface area contributed by atoms with Crippen LogP contribution in [0.5, 0.6) is 5.88 Å². The molecule has 1 aromatic heterocycles. The lowest BCUT2D eigenvalue weighted by Crippen LogP contribution is -2.38. The van der Waals surface area contributed by atoms with E-state index < -0.39 is 0 Å². The monoisotopic (exact) mass is 327 g/mol. The van der Waals surface area contributed by atoms with Crippen LogP contribution in [0, 0.1) is 5.82 Å². The molecule has 0 bridgehead atoms. The Labute approximate surface area is 141 Å². The van der Waals surface area contributed by atoms with E-state index in [1.807, 2.05) is 6.07 Å². The fourth-order valence-electron chi connectivity index (χ4n) is 3.90. The average Bonchev–Trinajstić information content (AvgIpc) is 3.00. The van der Waals surface area contributed by atoms with Gasteiger partial charge >= 0.3 is 0 Å². The maximum atomic E-state index is 13.5. The highest BCUT2D eigenvalue weighted by Gasteiger charge is 2.28. The van der Waals surface area contributed by atoms with Crippen LogP contribution in [0.15, 0.2) is 36.8 Å². The maximum Gasteiger partial charge on any atom is 0.232 e. The first-order chi connectivity index (χ1) is 11.8. The molecule has 1 saturated carbocycles. The Bertz CT molecular complexity index is 686. The third kappa shape index (κ3) is 3.41. The van der Waals surface area contributed by atoms with Crippen molar-refractivity contribution < 1.29 is 9.13 Å². The first-order valence-electron chi connectivity index (χ1n) is 8.75. The molecule has 1 heterocycles. The van der Waals surface area contributed by atoms with Crippen molar-refractivity contribution in [2.24, 2.45) is 0 Å². The molecule has 24 heavy (non-hydrogen) atoms. The van der Waals surface area contributed by atoms with Crippen molar-refractivity contribution in [3.63, 3.8) is 0 Å². The lowest BCUT2D eigenvalue weighted by atomic mass is 9.92. The summed E-state index contributed by atoms with van der Waals surface area (Å²) >= 11 is 0. The fraction of sp³-hybridized carbons (Fsp3) is 0.474. The third-order valence-electron chi connectivity index (χ3n) is 5.12. The molecular formula is C19H22FN3O. The summed E-state index contributed by atoms with van der Waals surface area (Å²) in [4.78, 5) is 8.20. The molecule has 0 saturated heterocycles. The van der Waals surface area contributed by atoms with Crippen LogP contribution < -0.4 is 10.1 Å². The molecule has 1 N–H and O–H groups in total. The highest BCUT2D eigenvalue weighted by atomic mass is 19.1. The number of aryl methyl sites for hydroxylation is 1. The summed E-state index contributed by atoms with van der Waals surface area (Å²) in [6.07, 6.45) is 11.5. The molecule has 0 radical (unpaired) electrons. The van der Waals surface area contributed by atoms with Gasteiger partial charge in [-0.1, -0.05) is 6.07 Å². The second-order valence-corrected chi connectivity index (χ2v) is 6.74. The average molecular weight is 327 g/mol. The molecular weight excluding hydrogens is 305 g/mol. The molecule has 0 spiro atoms. The van der Waals surface area contributed by atoms with Gasteiger partial charge in [-0.05, 0) is 61.8 Å². The van der Waals surface area contributed by atoms with Gasteiger partial charge in [0, 0.05) is 24.5 Å². The normalized spacial score (nSPS) is 26.1. The van der Waals surface area contributed by atoms with E-state index in [4.69, 9.17) is 4.74 Å². The first-order valence-corrected chi connectivity index (χ1v) is 8.75. The molecule has 126 valence electrons. The zero-order chi connectivity index (χ0) is 16.4. The van der Waals surface area contributed by atoms with Gasteiger partial charge in [0.1, 0.15) is 11.9 Å². The van der Waals surface area contributed by atoms with E-state index in [0.717, 1.165) is 44.1 Å². The minimum atomic E-state index is -0.136. The number of nitrogens with one attached hydrogen (secondary N) is 1. The van der Waals surface area contributed by atoms with Crippen LogP contribution in [-0.2, 0) is 6.42 Å². The Balaban J connectivity index is 1.31. The van der Waals surface area contributed by atoms with Gasteiger partial charge < -0.3 is 10.1 Å². The van der Waals surface area contributed by atoms with Crippen LogP contribution >= 0.6 is 0 Å². The SMILES string of the molecule is Fc1ccc2c(c1)[C@@H](NC1CCC(Oc3cnccn3)CC1)CC2. The summed E-state index contributed by atoms with van der Waals surface area (Å²) in [6, 6.07) is 5.96. The van der Waals surface area contributed by atoms with Crippen molar-refractivity contribution in [2.75, 3.05) is 0 Å². The molecule has 4 rings (SSSR count). The number of fused-ring (bicyclic) bond motifs is 1. The van der Waals surface area contributed by atoms with Crippen molar-refractivity contribution in [1.29, 1.82) is 0 Å². The van der Waals surface area contributed by atoms with Crippen LogP contribution in [0.25, 0.3) is 0 Å². The first kappa shape index (κ1) is 15.5. The van der Waals surface area contributed by atoms with Gasteiger partial charge in [0.15, 0.2) is 0 Å². The van der Waals surface area contributed by atoms with E-state index in [9.17, 15) is 4.39 Å². The van der Waals surface area contributed by atoms with Crippen molar-refractivity contribution >= 4 is 0 Å². The lowest BCUT2D eigenvalue weighted by molar-refractivity contribution is 0.130. The summed E-state index contributed by atoms with van der Waals surface area (Å²) in [5.74, 6) is 0.470. The minimum absolute atomic E-state index is 0.136. The minimum Gasteiger partial charge on any atom is -0.473 e. The molecule has 0 aliphatic heterocycles. The summed E-state index contributed by atoms with van der Waals surface area (Å²) in [5.41, 5.74) is 2.43. The zero-order valence-electron chi connectivity index (χ0n) is 13.6. The molecule has 4 nitrogen and oxygen atoms in total. The summed E-state index contributed by atoms with van der Waals surface area (Å²) < 4.78 is 19.4. The largest absolute Gasteiger partial charge is 0.473 e. The molecule has 1 atom stereocenters. The second kappa shape index (κ2) is 6.85. The van der Waals surface area contributed by atoms with Gasteiger partial charge in [-0.2, -0.15) is 0 Å². The third-order valence-corrected chi connectivity index (χ3v) is 5.12. The number of benzene rings is 1. The number of ether oxygens (including phenoxy) is 1. The molecule has 2 aliphatic carbocycles. The molecule has 2 aromatic rings. The Morgan fingerprint density at radius 3 is 2.75 bits per heavy atom. The molecule has 0 amide bonds. The second-order valence-electron chi connectivity index (χ2n) is 6.74. The van der Waals surface area contributed by atoms with E-state index in [1.165, 1.54) is 5.56 Å². The maximum absolute atomic E-state index is 13.5. The quantitative estimate of drug-likeness (QED) is 0.932. The predicted octanol–water partition coefficient (Wildman–Crippen LogP) is 3.58. The number of halogens is 1. The Morgan fingerprint density at radius 2 is 1.96 bits per heavy atom. The highest BCUT2D eigenvalue weighted by Crippen LogP contribution is 2.33. The highest BCUT2D eigenvalue weighted by molar-refractivity contribution is 5.35. The Hall–Kier alpha value is -2.01. The number of hydrogen-bond donors (Lipinski definition) is 1. The van der Waals surface area contributed by atoms with Crippen LogP contribution in [0.2, 0.25) is 0 Å². The summed E-state index contributed by atoms with van der Waals surface area (Å²) in [5, 5.41) is 3.74. The zero-order valence-corrected chi connectivity index (χ0v) is 13.6. The summed E-state index contributed by atoms with van der Waals surface area (Å²) in [6.45, 7) is 0. The fourth-order valence-corrected chi connectivity index (χ4v) is 3.90. The number of aromatic nitrogens is 2. The Morgan fingerprint density at radius 1 is 1.08 bits per heavy atom. The van der Waals surface area contributed by atoms with Crippen molar-refractivity contribution in [3.8, 4) is 5.88 Å². The van der Waals surface area contributed by atoms with E-state index >= 15 is 0 Å². The molecule has 1 aromatic carbocycles. The predicted molar refractivity (Wildman–Crippen MR) is 89.3 cm³/mol. The van der Waals surface area contributed by atoms with Crippen molar-refractivity contribution in [1.82, 2.24) is 15.3 Å². The lowest BCUT2D eigenvalue weighted by Gasteiger charge is -2.31. The van der Waals surface area contributed by atoms with Gasteiger partial charge in [0.2, 0.25) is 5.88 Å². The van der Waals surface area contributed by atoms with Crippen LogP contribution in [0.1, 0.15) is 49.3 Å². The topological polar surface area (TPSA) is 47.0 Å². The van der Waals surface area contributed by atoms with Crippen molar-refractivity contribution in [2.45, 2.75) is 56.7 Å². The van der Waals surface area contributed by atoms with Gasteiger partial charge in [0.05, 0.1) is 6.20 Å². The van der Waals surface area contributed by atoms with Crippen LogP contribution in [0.3, 0.4) is 0 Å². The van der Waals surface area contributed by atoms with Gasteiger partial charge in [-0.25, -0.2) is 9.37 Å². The molecule has 2 aliphatic rings. The standard InChI is InChI=1S/C19H22FN3O/c20-14-3-1-13-2-8-18(17(13)11-14)23-15-4-6-16(7-5-15)24-19-12-21-9-10-22-19/h1,3,9-12,15-16,18,23H,2,4-8H2/t15?,16?,18-/m0/s1.